The van der Waals surface area contributed by atoms with Crippen molar-refractivity contribution in [3.05, 3.63) is 57.5 Å². The van der Waals surface area contributed by atoms with Crippen molar-refractivity contribution in [2.75, 3.05) is 11.1 Å². The molecule has 0 bridgehead atoms. The van der Waals surface area contributed by atoms with Crippen LogP contribution in [-0.2, 0) is 4.79 Å². The largest absolute Gasteiger partial charge is 0.325 e. The maximum Gasteiger partial charge on any atom is 0.288 e. The highest BCUT2D eigenvalue weighted by molar-refractivity contribution is 8.01. The van der Waals surface area contributed by atoms with Crippen molar-refractivity contribution in [2.45, 2.75) is 15.0 Å². The van der Waals surface area contributed by atoms with Crippen molar-refractivity contribution in [1.82, 2.24) is 9.78 Å². The van der Waals surface area contributed by atoms with Crippen LogP contribution in [0.4, 0.5) is 14.5 Å². The predicted molar refractivity (Wildman–Crippen MR) is 115 cm³/mol. The Morgan fingerprint density at radius 1 is 1.21 bits per heavy atom. The molecule has 0 aliphatic carbocycles. The van der Waals surface area contributed by atoms with Gasteiger partial charge in [0.25, 0.3) is 5.76 Å². The average Bonchev–Trinajstić information content (AvgIpc) is 3.03. The van der Waals surface area contributed by atoms with Crippen LogP contribution in [-0.4, -0.2) is 27.2 Å². The number of benzene rings is 2. The molecule has 1 N–H and O–H groups in total. The van der Waals surface area contributed by atoms with Crippen LogP contribution in [0.1, 0.15) is 0 Å². The van der Waals surface area contributed by atoms with Gasteiger partial charge in [0, 0.05) is 15.6 Å². The van der Waals surface area contributed by atoms with Crippen LogP contribution < -0.4 is 5.32 Å². The molecule has 1 aromatic heterocycles. The number of nitrogens with one attached hydrogen (secondary N) is 1. The fourth-order valence-corrected chi connectivity index (χ4v) is 4.89. The first-order valence-electron chi connectivity index (χ1n) is 7.74. The molecule has 28 heavy (non-hydrogen) atoms. The number of halogens is 3. The SMILES string of the molecule is O=C(CSc1nn(-c2ccc(Cl)cc2)c(=S)s1)Nc1ccc(SC(F)F)cc1. The second-order valence-corrected chi connectivity index (χ2v) is 9.61. The van der Waals surface area contributed by atoms with Crippen LogP contribution in [0.2, 0.25) is 5.02 Å². The van der Waals surface area contributed by atoms with Gasteiger partial charge < -0.3 is 5.32 Å². The zero-order valence-corrected chi connectivity index (χ0v) is 18.0. The summed E-state index contributed by atoms with van der Waals surface area (Å²) in [5.41, 5.74) is 1.34. The molecule has 3 rings (SSSR count). The smallest absolute Gasteiger partial charge is 0.288 e. The molecule has 0 spiro atoms. The number of thioether (sulfide) groups is 2. The summed E-state index contributed by atoms with van der Waals surface area (Å²) in [5.74, 6) is -2.55. The van der Waals surface area contributed by atoms with E-state index >= 15 is 0 Å². The molecule has 3 aromatic rings. The summed E-state index contributed by atoms with van der Waals surface area (Å²) in [6, 6.07) is 13.4. The Hall–Kier alpha value is -1.46. The number of alkyl halides is 2. The topological polar surface area (TPSA) is 46.9 Å². The predicted octanol–water partition coefficient (Wildman–Crippen LogP) is 6.36. The molecule has 0 saturated carbocycles. The van der Waals surface area contributed by atoms with Gasteiger partial charge in [0.15, 0.2) is 8.29 Å². The van der Waals surface area contributed by atoms with Crippen molar-refractivity contribution in [3.8, 4) is 5.69 Å². The Bertz CT molecular complexity index is 1010. The lowest BCUT2D eigenvalue weighted by molar-refractivity contribution is -0.113. The Morgan fingerprint density at radius 3 is 2.54 bits per heavy atom. The summed E-state index contributed by atoms with van der Waals surface area (Å²) in [7, 11) is 0. The average molecular weight is 476 g/mol. The van der Waals surface area contributed by atoms with Crippen molar-refractivity contribution in [2.24, 2.45) is 0 Å². The Balaban J connectivity index is 1.57. The summed E-state index contributed by atoms with van der Waals surface area (Å²) >= 11 is 14.3. The fourth-order valence-electron chi connectivity index (χ4n) is 2.11. The number of carbonyl (C=O) groups excluding carboxylic acids is 1. The van der Waals surface area contributed by atoms with Gasteiger partial charge in [-0.15, -0.1) is 5.10 Å². The van der Waals surface area contributed by atoms with E-state index in [1.165, 1.54) is 23.1 Å². The van der Waals surface area contributed by atoms with E-state index in [1.807, 2.05) is 12.1 Å². The van der Waals surface area contributed by atoms with Crippen LogP contribution >= 0.6 is 58.7 Å². The van der Waals surface area contributed by atoms with Gasteiger partial charge >= 0.3 is 0 Å². The standard InChI is InChI=1S/C17H12ClF2N3OS4/c18-10-1-5-12(6-2-10)23-17(25)28-16(22-23)26-9-14(24)21-11-3-7-13(8-4-11)27-15(19)20/h1-8,15H,9H2,(H,21,24). The first kappa shape index (κ1) is 21.3. The summed E-state index contributed by atoms with van der Waals surface area (Å²) in [6.07, 6.45) is 0. The van der Waals surface area contributed by atoms with Crippen LogP contribution in [0, 0.1) is 3.95 Å². The molecule has 11 heteroatoms. The molecule has 0 fully saturated rings. The van der Waals surface area contributed by atoms with E-state index in [0.29, 0.717) is 35.7 Å². The molecule has 1 heterocycles. The molecule has 2 aromatic carbocycles. The second kappa shape index (κ2) is 9.84. The van der Waals surface area contributed by atoms with E-state index in [2.05, 4.69) is 10.4 Å². The number of aromatic nitrogens is 2. The van der Waals surface area contributed by atoms with Crippen LogP contribution in [0.3, 0.4) is 0 Å². The maximum absolute atomic E-state index is 12.3. The van der Waals surface area contributed by atoms with Crippen molar-refractivity contribution < 1.29 is 13.6 Å². The molecule has 0 aliphatic rings. The minimum absolute atomic E-state index is 0.149. The summed E-state index contributed by atoms with van der Waals surface area (Å²) < 4.78 is 27.5. The maximum atomic E-state index is 12.3. The van der Waals surface area contributed by atoms with E-state index < -0.39 is 5.76 Å². The van der Waals surface area contributed by atoms with E-state index in [9.17, 15) is 13.6 Å². The first-order chi connectivity index (χ1) is 13.4. The molecule has 0 unspecified atom stereocenters. The van der Waals surface area contributed by atoms with Gasteiger partial charge in [0.1, 0.15) is 0 Å². The van der Waals surface area contributed by atoms with E-state index in [1.54, 1.807) is 41.1 Å². The number of amides is 1. The molecule has 4 nitrogen and oxygen atoms in total. The fraction of sp³-hybridized carbons (Fsp3) is 0.118. The third-order valence-corrected chi connectivity index (χ3v) is 6.63. The number of hydrogen-bond acceptors (Lipinski definition) is 6. The third kappa shape index (κ3) is 6.02. The Kier molecular flexibility index (Phi) is 7.47. The molecule has 1 amide bonds. The van der Waals surface area contributed by atoms with Gasteiger partial charge in [-0.25, -0.2) is 4.68 Å². The zero-order valence-electron chi connectivity index (χ0n) is 14.0. The van der Waals surface area contributed by atoms with Crippen LogP contribution in [0.15, 0.2) is 57.8 Å². The summed E-state index contributed by atoms with van der Waals surface area (Å²) in [4.78, 5) is 12.6. The van der Waals surface area contributed by atoms with E-state index in [0.717, 1.165) is 5.69 Å². The van der Waals surface area contributed by atoms with Crippen molar-refractivity contribution >= 4 is 70.3 Å². The number of rotatable bonds is 7. The summed E-state index contributed by atoms with van der Waals surface area (Å²) in [6.45, 7) is 0. The van der Waals surface area contributed by atoms with Gasteiger partial charge in [-0.1, -0.05) is 46.5 Å². The number of anilines is 1. The highest BCUT2D eigenvalue weighted by Gasteiger charge is 2.10. The number of hydrogen-bond donors (Lipinski definition) is 1. The lowest BCUT2D eigenvalue weighted by Crippen LogP contribution is -2.13. The molecule has 0 radical (unpaired) electrons. The van der Waals surface area contributed by atoms with Crippen LogP contribution in [0.5, 0.6) is 0 Å². The number of carbonyl (C=O) groups is 1. The summed E-state index contributed by atoms with van der Waals surface area (Å²) in [5, 5.41) is 7.77. The normalized spacial score (nSPS) is 11.0. The van der Waals surface area contributed by atoms with Crippen molar-refractivity contribution in [1.29, 1.82) is 0 Å². The molecule has 0 aliphatic heterocycles. The van der Waals surface area contributed by atoms with E-state index in [-0.39, 0.29) is 11.7 Å². The first-order valence-corrected chi connectivity index (χ1v) is 11.2. The number of nitrogens with zero attached hydrogens (tertiary/aromatic N) is 2. The minimum Gasteiger partial charge on any atom is -0.325 e. The Morgan fingerprint density at radius 2 is 1.89 bits per heavy atom. The highest BCUT2D eigenvalue weighted by atomic mass is 35.5. The lowest BCUT2D eigenvalue weighted by atomic mass is 10.3. The van der Waals surface area contributed by atoms with Gasteiger partial charge in [0.2, 0.25) is 5.91 Å². The van der Waals surface area contributed by atoms with Crippen molar-refractivity contribution in [3.63, 3.8) is 0 Å². The quantitative estimate of drug-likeness (QED) is 0.318. The Labute approximate surface area is 182 Å². The monoisotopic (exact) mass is 475 g/mol. The second-order valence-electron chi connectivity index (χ2n) is 5.26. The highest BCUT2D eigenvalue weighted by Crippen LogP contribution is 2.27. The molecular weight excluding hydrogens is 464 g/mol. The van der Waals surface area contributed by atoms with Gasteiger partial charge in [0.05, 0.1) is 11.4 Å². The molecule has 0 saturated heterocycles. The lowest BCUT2D eigenvalue weighted by Gasteiger charge is -2.05. The van der Waals surface area contributed by atoms with E-state index in [4.69, 9.17) is 23.8 Å². The molecular formula is C17H12ClF2N3OS4. The van der Waals surface area contributed by atoms with Crippen LogP contribution in [0.25, 0.3) is 5.69 Å². The molecule has 146 valence electrons. The van der Waals surface area contributed by atoms with Gasteiger partial charge in [-0.2, -0.15) is 8.78 Å². The minimum atomic E-state index is -2.47. The molecule has 0 atom stereocenters. The zero-order chi connectivity index (χ0) is 20.1. The van der Waals surface area contributed by atoms with Gasteiger partial charge in [-0.05, 0) is 60.7 Å². The third-order valence-electron chi connectivity index (χ3n) is 3.29. The van der Waals surface area contributed by atoms with Gasteiger partial charge in [-0.3, -0.25) is 4.79 Å².